The van der Waals surface area contributed by atoms with Gasteiger partial charge in [0.1, 0.15) is 0 Å². The Morgan fingerprint density at radius 1 is 0.913 bits per heavy atom. The molecular formula is C19H25NO3. The van der Waals surface area contributed by atoms with Crippen LogP contribution in [0.25, 0.3) is 0 Å². The van der Waals surface area contributed by atoms with E-state index in [4.69, 9.17) is 0 Å². The molecule has 1 aromatic rings. The Kier molecular flexibility index (Phi) is 4.99. The number of benzene rings is 1. The van der Waals surface area contributed by atoms with Crippen LogP contribution in [0, 0.1) is 11.8 Å². The Morgan fingerprint density at radius 3 is 2.13 bits per heavy atom. The van der Waals surface area contributed by atoms with Crippen LogP contribution in [-0.2, 0) is 9.59 Å². The van der Waals surface area contributed by atoms with Crippen molar-refractivity contribution in [3.63, 3.8) is 0 Å². The molecule has 1 aliphatic heterocycles. The lowest BCUT2D eigenvalue weighted by Crippen LogP contribution is -2.45. The number of carbonyl (C=O) groups excluding carboxylic acids is 1. The molecule has 1 saturated heterocycles. The highest BCUT2D eigenvalue weighted by atomic mass is 16.4. The third-order valence-corrected chi connectivity index (χ3v) is 5.48. The number of likely N-dealkylation sites (tertiary alicyclic amines) is 1. The van der Waals surface area contributed by atoms with Gasteiger partial charge in [0, 0.05) is 13.1 Å². The quantitative estimate of drug-likeness (QED) is 0.931. The van der Waals surface area contributed by atoms with Gasteiger partial charge in [-0.05, 0) is 37.2 Å². The van der Waals surface area contributed by atoms with Crippen LogP contribution >= 0.6 is 0 Å². The van der Waals surface area contributed by atoms with Crippen LogP contribution in [0.3, 0.4) is 0 Å². The van der Waals surface area contributed by atoms with Crippen molar-refractivity contribution < 1.29 is 14.7 Å². The third-order valence-electron chi connectivity index (χ3n) is 5.48. The Labute approximate surface area is 137 Å². The summed E-state index contributed by atoms with van der Waals surface area (Å²) in [6, 6.07) is 10.5. The van der Waals surface area contributed by atoms with Crippen LogP contribution in [0.4, 0.5) is 0 Å². The van der Waals surface area contributed by atoms with Crippen molar-refractivity contribution in [3.05, 3.63) is 35.9 Å². The third kappa shape index (κ3) is 3.57. The van der Waals surface area contributed by atoms with Gasteiger partial charge in [0.15, 0.2) is 0 Å². The molecule has 0 aromatic heterocycles. The average molecular weight is 315 g/mol. The molecule has 0 bridgehead atoms. The summed E-state index contributed by atoms with van der Waals surface area (Å²) in [5, 5.41) is 9.38. The minimum absolute atomic E-state index is 0.0728. The van der Waals surface area contributed by atoms with E-state index in [0.717, 1.165) is 45.2 Å². The van der Waals surface area contributed by atoms with Crippen molar-refractivity contribution in [2.45, 2.75) is 44.4 Å². The van der Waals surface area contributed by atoms with Crippen molar-refractivity contribution in [2.24, 2.45) is 11.8 Å². The first-order valence-corrected chi connectivity index (χ1v) is 8.73. The number of hydrogen-bond acceptors (Lipinski definition) is 2. The first-order valence-electron chi connectivity index (χ1n) is 8.73. The van der Waals surface area contributed by atoms with Gasteiger partial charge in [-0.15, -0.1) is 0 Å². The summed E-state index contributed by atoms with van der Waals surface area (Å²) in [4.78, 5) is 26.1. The summed E-state index contributed by atoms with van der Waals surface area (Å²) in [6.07, 6.45) is 5.22. The molecule has 2 atom stereocenters. The zero-order chi connectivity index (χ0) is 16.2. The number of hydrogen-bond donors (Lipinski definition) is 1. The molecule has 124 valence electrons. The van der Waals surface area contributed by atoms with Crippen LogP contribution in [0.15, 0.2) is 30.3 Å². The molecule has 4 heteroatoms. The summed E-state index contributed by atoms with van der Waals surface area (Å²) >= 11 is 0. The molecule has 1 saturated carbocycles. The van der Waals surface area contributed by atoms with Gasteiger partial charge in [0.2, 0.25) is 5.91 Å². The number of aliphatic carboxylic acids is 1. The smallest absolute Gasteiger partial charge is 0.307 e. The number of amides is 1. The lowest BCUT2D eigenvalue weighted by Gasteiger charge is -2.37. The van der Waals surface area contributed by atoms with E-state index in [-0.39, 0.29) is 11.8 Å². The van der Waals surface area contributed by atoms with Crippen molar-refractivity contribution >= 4 is 11.9 Å². The van der Waals surface area contributed by atoms with Crippen molar-refractivity contribution in [1.29, 1.82) is 0 Å². The zero-order valence-electron chi connectivity index (χ0n) is 13.5. The van der Waals surface area contributed by atoms with Crippen LogP contribution in [-0.4, -0.2) is 35.0 Å². The molecule has 1 heterocycles. The monoisotopic (exact) mass is 315 g/mol. The summed E-state index contributed by atoms with van der Waals surface area (Å²) in [7, 11) is 0. The maximum atomic E-state index is 12.8. The molecular weight excluding hydrogens is 290 g/mol. The van der Waals surface area contributed by atoms with Gasteiger partial charge in [-0.3, -0.25) is 9.59 Å². The number of carbonyl (C=O) groups is 2. The van der Waals surface area contributed by atoms with Gasteiger partial charge in [0.25, 0.3) is 0 Å². The highest BCUT2D eigenvalue weighted by Crippen LogP contribution is 2.34. The Bertz CT molecular complexity index is 549. The van der Waals surface area contributed by atoms with Crippen LogP contribution in [0.2, 0.25) is 0 Å². The summed E-state index contributed by atoms with van der Waals surface area (Å²) in [5.74, 6) is -1.01. The zero-order valence-corrected chi connectivity index (χ0v) is 13.5. The van der Waals surface area contributed by atoms with E-state index in [0.29, 0.717) is 12.3 Å². The predicted octanol–water partition coefficient (Wildman–Crippen LogP) is 3.28. The second kappa shape index (κ2) is 7.16. The topological polar surface area (TPSA) is 57.6 Å². The van der Waals surface area contributed by atoms with Gasteiger partial charge in [-0.2, -0.15) is 0 Å². The highest BCUT2D eigenvalue weighted by Gasteiger charge is 2.38. The fourth-order valence-electron chi connectivity index (χ4n) is 4.11. The van der Waals surface area contributed by atoms with E-state index >= 15 is 0 Å². The van der Waals surface area contributed by atoms with Gasteiger partial charge in [-0.25, -0.2) is 0 Å². The molecule has 2 fully saturated rings. The normalized spacial score (nSPS) is 26.0. The number of piperidine rings is 1. The maximum absolute atomic E-state index is 12.8. The van der Waals surface area contributed by atoms with Gasteiger partial charge in [0.05, 0.1) is 11.8 Å². The van der Waals surface area contributed by atoms with E-state index in [1.807, 2.05) is 11.0 Å². The molecule has 2 aliphatic rings. The van der Waals surface area contributed by atoms with Crippen molar-refractivity contribution in [3.8, 4) is 0 Å². The van der Waals surface area contributed by atoms with E-state index in [1.165, 1.54) is 5.56 Å². The van der Waals surface area contributed by atoms with Gasteiger partial charge < -0.3 is 10.0 Å². The molecule has 1 amide bonds. The maximum Gasteiger partial charge on any atom is 0.307 e. The van der Waals surface area contributed by atoms with E-state index < -0.39 is 11.9 Å². The lowest BCUT2D eigenvalue weighted by atomic mass is 9.78. The van der Waals surface area contributed by atoms with Gasteiger partial charge in [-0.1, -0.05) is 43.2 Å². The summed E-state index contributed by atoms with van der Waals surface area (Å²) in [6.45, 7) is 1.50. The van der Waals surface area contributed by atoms with Crippen LogP contribution < -0.4 is 0 Å². The van der Waals surface area contributed by atoms with E-state index in [2.05, 4.69) is 24.3 Å². The molecule has 23 heavy (non-hydrogen) atoms. The standard InChI is InChI=1S/C19H25NO3/c21-18(16-8-4-5-9-17(16)19(22)23)20-12-10-15(11-13-20)14-6-2-1-3-7-14/h1-3,6-7,15-17H,4-5,8-13H2,(H,22,23)/t16-,17-/m1/s1. The Morgan fingerprint density at radius 2 is 1.52 bits per heavy atom. The number of rotatable bonds is 3. The minimum atomic E-state index is -0.803. The Hall–Kier alpha value is -1.84. The molecule has 1 aliphatic carbocycles. The molecule has 3 rings (SSSR count). The molecule has 1 N–H and O–H groups in total. The minimum Gasteiger partial charge on any atom is -0.481 e. The summed E-state index contributed by atoms with van der Waals surface area (Å²) in [5.41, 5.74) is 1.35. The number of carboxylic acids is 1. The summed E-state index contributed by atoms with van der Waals surface area (Å²) < 4.78 is 0. The molecule has 0 spiro atoms. The second-order valence-corrected chi connectivity index (χ2v) is 6.85. The second-order valence-electron chi connectivity index (χ2n) is 6.85. The predicted molar refractivity (Wildman–Crippen MR) is 88.1 cm³/mol. The molecule has 0 unspecified atom stereocenters. The van der Waals surface area contributed by atoms with Crippen molar-refractivity contribution in [1.82, 2.24) is 4.90 Å². The highest BCUT2D eigenvalue weighted by molar-refractivity contribution is 5.85. The van der Waals surface area contributed by atoms with Crippen molar-refractivity contribution in [2.75, 3.05) is 13.1 Å². The molecule has 1 aromatic carbocycles. The van der Waals surface area contributed by atoms with Crippen LogP contribution in [0.1, 0.15) is 50.0 Å². The van der Waals surface area contributed by atoms with Gasteiger partial charge >= 0.3 is 5.97 Å². The first-order chi connectivity index (χ1) is 11.2. The van der Waals surface area contributed by atoms with E-state index in [1.54, 1.807) is 0 Å². The van der Waals surface area contributed by atoms with Crippen LogP contribution in [0.5, 0.6) is 0 Å². The average Bonchev–Trinajstić information content (AvgIpc) is 2.62. The fraction of sp³-hybridized carbons (Fsp3) is 0.579. The number of carboxylic acid groups (broad SMARTS) is 1. The largest absolute Gasteiger partial charge is 0.481 e. The molecule has 0 radical (unpaired) electrons. The first kappa shape index (κ1) is 16.0. The van der Waals surface area contributed by atoms with E-state index in [9.17, 15) is 14.7 Å². The lowest BCUT2D eigenvalue weighted by molar-refractivity contribution is -0.152. The Balaban J connectivity index is 1.60. The SMILES string of the molecule is O=C(O)[C@@H]1CCCC[C@H]1C(=O)N1CCC(c2ccccc2)CC1. The molecule has 4 nitrogen and oxygen atoms in total. The number of nitrogens with zero attached hydrogens (tertiary/aromatic N) is 1. The fourth-order valence-corrected chi connectivity index (χ4v) is 4.11.